The van der Waals surface area contributed by atoms with Crippen molar-refractivity contribution in [2.24, 2.45) is 5.92 Å². The van der Waals surface area contributed by atoms with Crippen molar-refractivity contribution in [1.82, 2.24) is 20.5 Å². The molecule has 2 aliphatic heterocycles. The van der Waals surface area contributed by atoms with E-state index in [2.05, 4.69) is 20.4 Å². The van der Waals surface area contributed by atoms with Crippen molar-refractivity contribution in [3.05, 3.63) is 5.82 Å². The Morgan fingerprint density at radius 3 is 2.95 bits per heavy atom. The van der Waals surface area contributed by atoms with Crippen molar-refractivity contribution in [3.8, 4) is 0 Å². The molecule has 1 saturated carbocycles. The molecule has 1 aliphatic carbocycles. The van der Waals surface area contributed by atoms with Crippen LogP contribution in [-0.2, 0) is 11.2 Å². The van der Waals surface area contributed by atoms with Gasteiger partial charge >= 0.3 is 0 Å². The molecule has 116 valence electrons. The molecule has 1 aromatic rings. The molecule has 0 bridgehead atoms. The molecule has 4 rings (SSSR count). The Morgan fingerprint density at radius 1 is 1.33 bits per heavy atom. The van der Waals surface area contributed by atoms with Crippen LogP contribution in [0.3, 0.4) is 0 Å². The lowest BCUT2D eigenvalue weighted by atomic mass is 9.77. The first-order chi connectivity index (χ1) is 10.3. The van der Waals surface area contributed by atoms with Crippen molar-refractivity contribution < 1.29 is 4.74 Å². The SMILES string of the molecule is COC1(Cc2nc(N3CC4CCCNC4C3)n[nH]2)CCC1. The number of nitrogens with one attached hydrogen (secondary N) is 2. The van der Waals surface area contributed by atoms with Gasteiger partial charge in [0.1, 0.15) is 5.82 Å². The Kier molecular flexibility index (Phi) is 3.38. The Bertz CT molecular complexity index is 478. The van der Waals surface area contributed by atoms with E-state index in [0.717, 1.165) is 56.6 Å². The summed E-state index contributed by atoms with van der Waals surface area (Å²) >= 11 is 0. The summed E-state index contributed by atoms with van der Waals surface area (Å²) in [6.07, 6.45) is 7.02. The Morgan fingerprint density at radius 2 is 2.24 bits per heavy atom. The van der Waals surface area contributed by atoms with Gasteiger partial charge in [0.25, 0.3) is 0 Å². The van der Waals surface area contributed by atoms with Crippen molar-refractivity contribution in [2.45, 2.75) is 50.2 Å². The fourth-order valence-corrected chi connectivity index (χ4v) is 4.05. The van der Waals surface area contributed by atoms with Gasteiger partial charge in [0.2, 0.25) is 5.95 Å². The van der Waals surface area contributed by atoms with Crippen LogP contribution < -0.4 is 10.2 Å². The maximum Gasteiger partial charge on any atom is 0.244 e. The average Bonchev–Trinajstić information content (AvgIpc) is 3.09. The van der Waals surface area contributed by atoms with Crippen molar-refractivity contribution in [1.29, 1.82) is 0 Å². The molecule has 2 N–H and O–H groups in total. The van der Waals surface area contributed by atoms with Gasteiger partial charge in [0.05, 0.1) is 5.60 Å². The zero-order valence-electron chi connectivity index (χ0n) is 12.8. The molecule has 3 fully saturated rings. The maximum atomic E-state index is 5.68. The summed E-state index contributed by atoms with van der Waals surface area (Å²) in [5.74, 6) is 2.60. The molecule has 0 radical (unpaired) electrons. The number of aromatic nitrogens is 3. The summed E-state index contributed by atoms with van der Waals surface area (Å²) in [5.41, 5.74) is 0.0113. The van der Waals surface area contributed by atoms with E-state index in [4.69, 9.17) is 9.72 Å². The summed E-state index contributed by atoms with van der Waals surface area (Å²) < 4.78 is 5.68. The number of H-pyrrole nitrogens is 1. The molecule has 2 saturated heterocycles. The van der Waals surface area contributed by atoms with Gasteiger partial charge < -0.3 is 15.0 Å². The summed E-state index contributed by atoms with van der Waals surface area (Å²) in [4.78, 5) is 7.04. The van der Waals surface area contributed by atoms with E-state index in [-0.39, 0.29) is 5.60 Å². The first-order valence-corrected chi connectivity index (χ1v) is 8.23. The molecule has 21 heavy (non-hydrogen) atoms. The molecule has 1 aromatic heterocycles. The molecule has 2 unspecified atom stereocenters. The first-order valence-electron chi connectivity index (χ1n) is 8.23. The molecular formula is C15H25N5O. The van der Waals surface area contributed by atoms with Gasteiger partial charge in [-0.1, -0.05) is 0 Å². The monoisotopic (exact) mass is 291 g/mol. The van der Waals surface area contributed by atoms with Gasteiger partial charge in [-0.15, -0.1) is 5.10 Å². The van der Waals surface area contributed by atoms with Crippen LogP contribution in [0.4, 0.5) is 5.95 Å². The van der Waals surface area contributed by atoms with Gasteiger partial charge in [-0.25, -0.2) is 0 Å². The number of piperidine rings is 1. The molecule has 0 aromatic carbocycles. The van der Waals surface area contributed by atoms with Crippen LogP contribution in [0.15, 0.2) is 0 Å². The number of hydrogen-bond acceptors (Lipinski definition) is 5. The van der Waals surface area contributed by atoms with E-state index >= 15 is 0 Å². The lowest BCUT2D eigenvalue weighted by Gasteiger charge is -2.39. The van der Waals surface area contributed by atoms with Crippen LogP contribution in [0.1, 0.15) is 37.9 Å². The molecule has 6 heteroatoms. The highest BCUT2D eigenvalue weighted by molar-refractivity contribution is 5.32. The van der Waals surface area contributed by atoms with E-state index in [1.165, 1.54) is 19.3 Å². The second kappa shape index (κ2) is 5.25. The van der Waals surface area contributed by atoms with E-state index in [1.807, 2.05) is 7.11 Å². The maximum absolute atomic E-state index is 5.68. The van der Waals surface area contributed by atoms with Gasteiger partial charge in [-0.2, -0.15) is 4.98 Å². The fourth-order valence-electron chi connectivity index (χ4n) is 4.05. The number of anilines is 1. The van der Waals surface area contributed by atoms with Crippen LogP contribution in [-0.4, -0.2) is 53.6 Å². The van der Waals surface area contributed by atoms with Gasteiger partial charge in [-0.05, 0) is 44.6 Å². The number of hydrogen-bond donors (Lipinski definition) is 2. The number of methoxy groups -OCH3 is 1. The normalized spacial score (nSPS) is 31.0. The minimum atomic E-state index is 0.0113. The molecule has 2 atom stereocenters. The number of ether oxygens (including phenoxy) is 1. The molecule has 0 amide bonds. The Labute approximate surface area is 125 Å². The zero-order valence-corrected chi connectivity index (χ0v) is 12.8. The molecule has 3 aliphatic rings. The third kappa shape index (κ3) is 2.44. The lowest BCUT2D eigenvalue weighted by molar-refractivity contribution is -0.0720. The molecule has 3 heterocycles. The van der Waals surface area contributed by atoms with E-state index in [0.29, 0.717) is 6.04 Å². The van der Waals surface area contributed by atoms with Crippen LogP contribution in [0.5, 0.6) is 0 Å². The van der Waals surface area contributed by atoms with Crippen LogP contribution in [0.25, 0.3) is 0 Å². The van der Waals surface area contributed by atoms with Crippen LogP contribution in [0.2, 0.25) is 0 Å². The predicted octanol–water partition coefficient (Wildman–Crippen LogP) is 1.10. The largest absolute Gasteiger partial charge is 0.378 e. The molecular weight excluding hydrogens is 266 g/mol. The number of fused-ring (bicyclic) bond motifs is 1. The van der Waals surface area contributed by atoms with Crippen molar-refractivity contribution >= 4 is 5.95 Å². The fraction of sp³-hybridized carbons (Fsp3) is 0.867. The topological polar surface area (TPSA) is 66.1 Å². The second-order valence-electron chi connectivity index (χ2n) is 6.87. The summed E-state index contributed by atoms with van der Waals surface area (Å²) in [5, 5.41) is 11.2. The molecule has 0 spiro atoms. The van der Waals surface area contributed by atoms with Crippen molar-refractivity contribution in [3.63, 3.8) is 0 Å². The molecule has 6 nitrogen and oxygen atoms in total. The zero-order chi connectivity index (χ0) is 14.3. The summed E-state index contributed by atoms with van der Waals surface area (Å²) in [6.45, 7) is 3.28. The third-order valence-electron chi connectivity index (χ3n) is 5.59. The Hall–Kier alpha value is -1.14. The highest BCUT2D eigenvalue weighted by Crippen LogP contribution is 2.37. The smallest absolute Gasteiger partial charge is 0.244 e. The van der Waals surface area contributed by atoms with E-state index in [1.54, 1.807) is 0 Å². The van der Waals surface area contributed by atoms with E-state index < -0.39 is 0 Å². The van der Waals surface area contributed by atoms with Gasteiger partial charge in [-0.3, -0.25) is 5.10 Å². The standard InChI is InChI=1S/C15H25N5O/c1-21-15(5-3-6-15)8-13-17-14(19-18-13)20-9-11-4-2-7-16-12(11)10-20/h11-12,16H,2-10H2,1H3,(H,17,18,19). The number of rotatable bonds is 4. The lowest BCUT2D eigenvalue weighted by Crippen LogP contribution is -2.41. The second-order valence-corrected chi connectivity index (χ2v) is 6.87. The van der Waals surface area contributed by atoms with Gasteiger partial charge in [0, 0.05) is 32.7 Å². The number of aromatic amines is 1. The Balaban J connectivity index is 1.43. The summed E-state index contributed by atoms with van der Waals surface area (Å²) in [6, 6.07) is 0.623. The van der Waals surface area contributed by atoms with Gasteiger partial charge in [0.15, 0.2) is 0 Å². The van der Waals surface area contributed by atoms with E-state index in [9.17, 15) is 0 Å². The predicted molar refractivity (Wildman–Crippen MR) is 80.4 cm³/mol. The first kappa shape index (κ1) is 13.5. The third-order valence-corrected chi connectivity index (χ3v) is 5.59. The van der Waals surface area contributed by atoms with Crippen molar-refractivity contribution in [2.75, 3.05) is 31.6 Å². The highest BCUT2D eigenvalue weighted by Gasteiger charge is 2.39. The summed E-state index contributed by atoms with van der Waals surface area (Å²) in [7, 11) is 1.81. The van der Waals surface area contributed by atoms with Crippen LogP contribution in [0, 0.1) is 5.92 Å². The number of nitrogens with zero attached hydrogens (tertiary/aromatic N) is 3. The minimum Gasteiger partial charge on any atom is -0.378 e. The minimum absolute atomic E-state index is 0.0113. The average molecular weight is 291 g/mol. The van der Waals surface area contributed by atoms with Crippen LogP contribution >= 0.6 is 0 Å². The highest BCUT2D eigenvalue weighted by atomic mass is 16.5. The quantitative estimate of drug-likeness (QED) is 0.870.